The maximum Gasteiger partial charge on any atom is 0.150 e. The molecule has 0 radical (unpaired) electrons. The fourth-order valence-electron chi connectivity index (χ4n) is 2.04. The van der Waals surface area contributed by atoms with Crippen molar-refractivity contribution in [3.05, 3.63) is 53.5 Å². The van der Waals surface area contributed by atoms with Crippen molar-refractivity contribution in [3.63, 3.8) is 0 Å². The van der Waals surface area contributed by atoms with Crippen LogP contribution in [-0.4, -0.2) is 10.1 Å². The summed E-state index contributed by atoms with van der Waals surface area (Å²) < 4.78 is 5.14. The first kappa shape index (κ1) is 11.0. The Morgan fingerprint density at radius 1 is 1.22 bits per heavy atom. The summed E-state index contributed by atoms with van der Waals surface area (Å²) in [4.78, 5) is 3.19. The summed E-state index contributed by atoms with van der Waals surface area (Å²) in [6, 6.07) is 10.4. The highest BCUT2D eigenvalue weighted by atomic mass is 16.5. The summed E-state index contributed by atoms with van der Waals surface area (Å²) in [6.07, 6.45) is 1.96. The number of nitrogens with one attached hydrogen (secondary N) is 2. The highest BCUT2D eigenvalue weighted by molar-refractivity contribution is 5.79. The third kappa shape index (κ3) is 2.28. The molecular weight excluding hydrogens is 226 g/mol. The predicted octanol–water partition coefficient (Wildman–Crippen LogP) is 2.75. The van der Waals surface area contributed by atoms with Gasteiger partial charge >= 0.3 is 0 Å². The number of benzene rings is 1. The Balaban J connectivity index is 1.62. The summed E-state index contributed by atoms with van der Waals surface area (Å²) in [5.74, 6) is 0.871. The molecule has 4 nitrogen and oxygen atoms in total. The lowest BCUT2D eigenvalue weighted by Crippen LogP contribution is -2.11. The van der Waals surface area contributed by atoms with E-state index in [0.29, 0.717) is 6.54 Å². The lowest BCUT2D eigenvalue weighted by Gasteiger charge is -2.02. The molecule has 2 N–H and O–H groups in total. The van der Waals surface area contributed by atoms with Crippen LogP contribution < -0.4 is 5.32 Å². The molecule has 0 saturated heterocycles. The van der Waals surface area contributed by atoms with E-state index in [-0.39, 0.29) is 0 Å². The van der Waals surface area contributed by atoms with Gasteiger partial charge in [-0.15, -0.1) is 0 Å². The van der Waals surface area contributed by atoms with Gasteiger partial charge in [-0.1, -0.05) is 11.2 Å². The van der Waals surface area contributed by atoms with Gasteiger partial charge in [0.1, 0.15) is 0 Å². The van der Waals surface area contributed by atoms with Crippen LogP contribution in [0.2, 0.25) is 0 Å². The molecule has 3 rings (SSSR count). The number of hydrogen-bond acceptors (Lipinski definition) is 3. The highest BCUT2D eigenvalue weighted by Crippen LogP contribution is 2.14. The first-order chi connectivity index (χ1) is 8.81. The van der Waals surface area contributed by atoms with Crippen molar-refractivity contribution < 1.29 is 4.52 Å². The Kier molecular flexibility index (Phi) is 2.86. The van der Waals surface area contributed by atoms with Crippen LogP contribution in [0.15, 0.2) is 41.1 Å². The SMILES string of the molecule is Cc1cc(CNCc2ccc3[nH]ccc3c2)on1. The Labute approximate surface area is 105 Å². The van der Waals surface area contributed by atoms with Crippen molar-refractivity contribution in [1.29, 1.82) is 0 Å². The lowest BCUT2D eigenvalue weighted by molar-refractivity contribution is 0.369. The van der Waals surface area contributed by atoms with E-state index in [4.69, 9.17) is 4.52 Å². The number of fused-ring (bicyclic) bond motifs is 1. The van der Waals surface area contributed by atoms with Gasteiger partial charge in [0.15, 0.2) is 5.76 Å². The van der Waals surface area contributed by atoms with Crippen molar-refractivity contribution in [2.75, 3.05) is 0 Å². The Morgan fingerprint density at radius 3 is 3.00 bits per heavy atom. The van der Waals surface area contributed by atoms with E-state index in [9.17, 15) is 0 Å². The van der Waals surface area contributed by atoms with Crippen LogP contribution in [-0.2, 0) is 13.1 Å². The summed E-state index contributed by atoms with van der Waals surface area (Å²) in [5, 5.41) is 8.44. The summed E-state index contributed by atoms with van der Waals surface area (Å²) in [6.45, 7) is 3.44. The molecule has 4 heteroatoms. The normalized spacial score (nSPS) is 11.2. The second-order valence-corrected chi connectivity index (χ2v) is 4.44. The van der Waals surface area contributed by atoms with E-state index in [1.165, 1.54) is 16.5 Å². The van der Waals surface area contributed by atoms with Gasteiger partial charge in [0, 0.05) is 24.3 Å². The zero-order valence-electron chi connectivity index (χ0n) is 10.2. The summed E-state index contributed by atoms with van der Waals surface area (Å²) in [7, 11) is 0. The Hall–Kier alpha value is -2.07. The molecule has 0 aliphatic heterocycles. The summed E-state index contributed by atoms with van der Waals surface area (Å²) >= 11 is 0. The van der Waals surface area contributed by atoms with Crippen LogP contribution in [0.5, 0.6) is 0 Å². The van der Waals surface area contributed by atoms with Gasteiger partial charge in [-0.2, -0.15) is 0 Å². The smallest absolute Gasteiger partial charge is 0.150 e. The number of aromatic nitrogens is 2. The van der Waals surface area contributed by atoms with Crippen molar-refractivity contribution in [2.45, 2.75) is 20.0 Å². The topological polar surface area (TPSA) is 53.9 Å². The molecule has 2 heterocycles. The van der Waals surface area contributed by atoms with Crippen molar-refractivity contribution in [1.82, 2.24) is 15.5 Å². The second kappa shape index (κ2) is 4.66. The number of rotatable bonds is 4. The van der Waals surface area contributed by atoms with Crippen LogP contribution in [0.1, 0.15) is 17.0 Å². The second-order valence-electron chi connectivity index (χ2n) is 4.44. The average Bonchev–Trinajstić information content (AvgIpc) is 2.97. The van der Waals surface area contributed by atoms with E-state index >= 15 is 0 Å². The standard InChI is InChI=1S/C14H15N3O/c1-10-6-13(18-17-10)9-15-8-11-2-3-14-12(7-11)4-5-16-14/h2-7,15-16H,8-9H2,1H3. The molecule has 0 atom stereocenters. The van der Waals surface area contributed by atoms with Gasteiger partial charge in [0.2, 0.25) is 0 Å². The van der Waals surface area contributed by atoms with Gasteiger partial charge in [-0.05, 0) is 36.1 Å². The first-order valence-corrected chi connectivity index (χ1v) is 6.00. The molecule has 92 valence electrons. The highest BCUT2D eigenvalue weighted by Gasteiger charge is 2.01. The van der Waals surface area contributed by atoms with Gasteiger partial charge in [-0.3, -0.25) is 0 Å². The minimum atomic E-state index is 0.700. The van der Waals surface area contributed by atoms with E-state index in [1.807, 2.05) is 19.2 Å². The largest absolute Gasteiger partial charge is 0.361 e. The van der Waals surface area contributed by atoms with E-state index in [2.05, 4.69) is 39.7 Å². The summed E-state index contributed by atoms with van der Waals surface area (Å²) in [5.41, 5.74) is 3.35. The van der Waals surface area contributed by atoms with Crippen LogP contribution >= 0.6 is 0 Å². The predicted molar refractivity (Wildman–Crippen MR) is 70.1 cm³/mol. The van der Waals surface area contributed by atoms with E-state index < -0.39 is 0 Å². The number of H-pyrrole nitrogens is 1. The van der Waals surface area contributed by atoms with Crippen LogP contribution in [0.3, 0.4) is 0 Å². The molecule has 18 heavy (non-hydrogen) atoms. The van der Waals surface area contributed by atoms with Gasteiger partial charge in [0.25, 0.3) is 0 Å². The fraction of sp³-hybridized carbons (Fsp3) is 0.214. The molecule has 0 amide bonds. The number of hydrogen-bond donors (Lipinski definition) is 2. The lowest BCUT2D eigenvalue weighted by atomic mass is 10.1. The molecule has 2 aromatic heterocycles. The van der Waals surface area contributed by atoms with Crippen LogP contribution in [0.4, 0.5) is 0 Å². The molecule has 0 aliphatic rings. The number of nitrogens with zero attached hydrogens (tertiary/aromatic N) is 1. The van der Waals surface area contributed by atoms with Crippen LogP contribution in [0, 0.1) is 6.92 Å². The molecule has 0 aliphatic carbocycles. The molecule has 0 spiro atoms. The molecule has 3 aromatic rings. The molecule has 0 fully saturated rings. The first-order valence-electron chi connectivity index (χ1n) is 6.00. The minimum absolute atomic E-state index is 0.700. The molecular formula is C14H15N3O. The minimum Gasteiger partial charge on any atom is -0.361 e. The monoisotopic (exact) mass is 241 g/mol. The van der Waals surface area contributed by atoms with Gasteiger partial charge < -0.3 is 14.8 Å². The van der Waals surface area contributed by atoms with Crippen molar-refractivity contribution >= 4 is 10.9 Å². The molecule has 0 unspecified atom stereocenters. The van der Waals surface area contributed by atoms with E-state index in [1.54, 1.807) is 0 Å². The van der Waals surface area contributed by atoms with Gasteiger partial charge in [0.05, 0.1) is 12.2 Å². The third-order valence-electron chi connectivity index (χ3n) is 2.92. The maximum atomic E-state index is 5.14. The zero-order chi connectivity index (χ0) is 12.4. The number of aryl methyl sites for hydroxylation is 1. The fourth-order valence-corrected chi connectivity index (χ4v) is 2.04. The Bertz CT molecular complexity index is 654. The van der Waals surface area contributed by atoms with Crippen molar-refractivity contribution in [3.8, 4) is 0 Å². The number of aromatic amines is 1. The van der Waals surface area contributed by atoms with Gasteiger partial charge in [-0.25, -0.2) is 0 Å². The van der Waals surface area contributed by atoms with Crippen LogP contribution in [0.25, 0.3) is 10.9 Å². The van der Waals surface area contributed by atoms with Crippen molar-refractivity contribution in [2.24, 2.45) is 0 Å². The third-order valence-corrected chi connectivity index (χ3v) is 2.92. The molecule has 0 saturated carbocycles. The Morgan fingerprint density at radius 2 is 2.17 bits per heavy atom. The zero-order valence-corrected chi connectivity index (χ0v) is 10.2. The molecule has 0 bridgehead atoms. The van der Waals surface area contributed by atoms with E-state index in [0.717, 1.165) is 18.0 Å². The average molecular weight is 241 g/mol. The molecule has 1 aromatic carbocycles. The maximum absolute atomic E-state index is 5.14. The quantitative estimate of drug-likeness (QED) is 0.738.